The number of likely N-dealkylation sites (N-methyl/N-ethyl adjacent to an activating group) is 1. The van der Waals surface area contributed by atoms with Crippen LogP contribution in [0.5, 0.6) is 5.75 Å². The van der Waals surface area contributed by atoms with Crippen molar-refractivity contribution in [2.24, 2.45) is 0 Å². The minimum Gasteiger partial charge on any atom is -0.478 e. The number of fused-ring (bicyclic) bond motifs is 1. The average Bonchev–Trinajstić information content (AvgIpc) is 3.05. The van der Waals surface area contributed by atoms with Crippen LogP contribution in [0, 0.1) is 0 Å². The number of ether oxygens (including phenoxy) is 1. The van der Waals surface area contributed by atoms with Gasteiger partial charge in [-0.3, -0.25) is 4.79 Å². The number of carboxylic acid groups (broad SMARTS) is 2. The second-order valence-electron chi connectivity index (χ2n) is 5.87. The van der Waals surface area contributed by atoms with Crippen LogP contribution < -0.4 is 4.74 Å². The molecule has 1 heterocycles. The maximum Gasteiger partial charge on any atom is 0.328 e. The molecule has 28 heavy (non-hydrogen) atoms. The van der Waals surface area contributed by atoms with Gasteiger partial charge in [0, 0.05) is 42.7 Å². The van der Waals surface area contributed by atoms with Crippen LogP contribution in [-0.2, 0) is 20.8 Å². The van der Waals surface area contributed by atoms with Crippen LogP contribution in [-0.4, -0.2) is 57.6 Å². The number of nitrogens with zero attached hydrogens (tertiary/aromatic N) is 1. The first-order chi connectivity index (χ1) is 13.3. The topological polar surface area (TPSA) is 120 Å². The van der Waals surface area contributed by atoms with Crippen molar-refractivity contribution in [2.45, 2.75) is 27.2 Å². The molecule has 0 aliphatic carbocycles. The van der Waals surface area contributed by atoms with E-state index < -0.39 is 11.9 Å². The number of carboxylic acids is 2. The van der Waals surface area contributed by atoms with Crippen molar-refractivity contribution in [3.05, 3.63) is 42.1 Å². The Morgan fingerprint density at radius 3 is 2.21 bits per heavy atom. The van der Waals surface area contributed by atoms with Gasteiger partial charge in [-0.2, -0.15) is 0 Å². The van der Waals surface area contributed by atoms with Gasteiger partial charge in [0.1, 0.15) is 5.75 Å². The van der Waals surface area contributed by atoms with E-state index in [-0.39, 0.29) is 5.97 Å². The summed E-state index contributed by atoms with van der Waals surface area (Å²) in [4.78, 5) is 35.9. The summed E-state index contributed by atoms with van der Waals surface area (Å²) in [6.07, 6.45) is 4.08. The number of benzene rings is 1. The van der Waals surface area contributed by atoms with E-state index >= 15 is 0 Å². The summed E-state index contributed by atoms with van der Waals surface area (Å²) in [5, 5.41) is 16.6. The third-order valence-corrected chi connectivity index (χ3v) is 3.96. The molecule has 0 radical (unpaired) electrons. The van der Waals surface area contributed by atoms with Crippen molar-refractivity contribution in [1.82, 2.24) is 9.88 Å². The van der Waals surface area contributed by atoms with Gasteiger partial charge < -0.3 is 24.8 Å². The molecule has 8 nitrogen and oxygen atoms in total. The Kier molecular flexibility index (Phi) is 9.45. The molecular weight excluding hydrogens is 364 g/mol. The summed E-state index contributed by atoms with van der Waals surface area (Å²) in [5.74, 6) is -2.15. The molecule has 0 amide bonds. The van der Waals surface area contributed by atoms with Crippen molar-refractivity contribution in [3.63, 3.8) is 0 Å². The molecule has 0 bridgehead atoms. The monoisotopic (exact) mass is 390 g/mol. The van der Waals surface area contributed by atoms with Crippen molar-refractivity contribution >= 4 is 28.8 Å². The summed E-state index contributed by atoms with van der Waals surface area (Å²) in [5.41, 5.74) is 2.21. The van der Waals surface area contributed by atoms with Crippen LogP contribution in [0.2, 0.25) is 0 Å². The van der Waals surface area contributed by atoms with Gasteiger partial charge in [-0.15, -0.1) is 0 Å². The predicted octanol–water partition coefficient (Wildman–Crippen LogP) is 2.69. The Labute approximate surface area is 163 Å². The summed E-state index contributed by atoms with van der Waals surface area (Å²) < 4.78 is 5.31. The molecule has 0 saturated carbocycles. The molecule has 1 aromatic heterocycles. The number of carbonyl (C=O) groups is 3. The highest BCUT2D eigenvalue weighted by Gasteiger charge is 2.12. The SMILES string of the molecule is CCN(CC)CCc1c[nH]c2cccc(OC(C)=O)c12.O=C(O)/C=C/C(=O)O. The zero-order valence-electron chi connectivity index (χ0n) is 16.3. The van der Waals surface area contributed by atoms with Crippen molar-refractivity contribution in [3.8, 4) is 5.75 Å². The Bertz CT molecular complexity index is 820. The lowest BCUT2D eigenvalue weighted by atomic mass is 10.1. The molecule has 0 fully saturated rings. The third-order valence-electron chi connectivity index (χ3n) is 3.96. The van der Waals surface area contributed by atoms with E-state index in [1.807, 2.05) is 24.4 Å². The number of aromatic amines is 1. The Morgan fingerprint density at radius 1 is 1.11 bits per heavy atom. The molecule has 3 N–H and O–H groups in total. The number of nitrogens with one attached hydrogen (secondary N) is 1. The molecule has 2 aromatic rings. The Hall–Kier alpha value is -3.13. The fourth-order valence-electron chi connectivity index (χ4n) is 2.62. The molecule has 1 aromatic carbocycles. The first-order valence-electron chi connectivity index (χ1n) is 8.92. The van der Waals surface area contributed by atoms with Crippen LogP contribution in [0.3, 0.4) is 0 Å². The Balaban J connectivity index is 0.000000416. The van der Waals surface area contributed by atoms with Gasteiger partial charge in [0.25, 0.3) is 0 Å². The van der Waals surface area contributed by atoms with Crippen molar-refractivity contribution in [2.75, 3.05) is 19.6 Å². The number of hydrogen-bond donors (Lipinski definition) is 3. The molecule has 0 atom stereocenters. The molecule has 8 heteroatoms. The van der Waals surface area contributed by atoms with E-state index in [2.05, 4.69) is 23.7 Å². The van der Waals surface area contributed by atoms with Gasteiger partial charge in [-0.25, -0.2) is 9.59 Å². The normalized spacial score (nSPS) is 10.7. The summed E-state index contributed by atoms with van der Waals surface area (Å²) in [6, 6.07) is 5.74. The number of aromatic nitrogens is 1. The number of aliphatic carboxylic acids is 2. The summed E-state index contributed by atoms with van der Waals surface area (Å²) in [7, 11) is 0. The van der Waals surface area contributed by atoms with E-state index in [9.17, 15) is 14.4 Å². The number of esters is 1. The molecule has 2 rings (SSSR count). The lowest BCUT2D eigenvalue weighted by Crippen LogP contribution is -2.25. The second kappa shape index (κ2) is 11.6. The van der Waals surface area contributed by atoms with Crippen LogP contribution in [0.15, 0.2) is 36.5 Å². The van der Waals surface area contributed by atoms with Gasteiger partial charge in [0.2, 0.25) is 0 Å². The van der Waals surface area contributed by atoms with Crippen LogP contribution in [0.4, 0.5) is 0 Å². The van der Waals surface area contributed by atoms with Crippen molar-refractivity contribution < 1.29 is 29.3 Å². The highest BCUT2D eigenvalue weighted by atomic mass is 16.5. The standard InChI is InChI=1S/C16H22N2O2.C4H4O4/c1-4-18(5-2)10-9-13-11-17-14-7-6-8-15(16(13)14)20-12(3)19;5-3(6)1-2-4(7)8/h6-8,11,17H,4-5,9-10H2,1-3H3;1-2H,(H,5,6)(H,7,8)/b;2-1+. The zero-order valence-corrected chi connectivity index (χ0v) is 16.3. The maximum absolute atomic E-state index is 11.2. The van der Waals surface area contributed by atoms with Crippen molar-refractivity contribution in [1.29, 1.82) is 0 Å². The third kappa shape index (κ3) is 7.63. The molecular formula is C20H26N2O6. The predicted molar refractivity (Wildman–Crippen MR) is 106 cm³/mol. The fraction of sp³-hybridized carbons (Fsp3) is 0.350. The van der Waals surface area contributed by atoms with E-state index in [0.29, 0.717) is 17.9 Å². The van der Waals surface area contributed by atoms with E-state index in [4.69, 9.17) is 14.9 Å². The second-order valence-corrected chi connectivity index (χ2v) is 5.87. The molecule has 0 spiro atoms. The lowest BCUT2D eigenvalue weighted by molar-refractivity contribution is -0.134. The maximum atomic E-state index is 11.2. The van der Waals surface area contributed by atoms with Gasteiger partial charge in [0.15, 0.2) is 0 Å². The minimum atomic E-state index is -1.26. The van der Waals surface area contributed by atoms with Crippen LogP contribution in [0.1, 0.15) is 26.3 Å². The molecule has 0 aliphatic heterocycles. The fourth-order valence-corrected chi connectivity index (χ4v) is 2.62. The Morgan fingerprint density at radius 2 is 1.71 bits per heavy atom. The van der Waals surface area contributed by atoms with Gasteiger partial charge in [-0.05, 0) is 37.2 Å². The average molecular weight is 390 g/mol. The number of hydrogen-bond acceptors (Lipinski definition) is 5. The summed E-state index contributed by atoms with van der Waals surface area (Å²) in [6.45, 7) is 8.88. The van der Waals surface area contributed by atoms with Gasteiger partial charge in [-0.1, -0.05) is 19.9 Å². The number of carbonyl (C=O) groups excluding carboxylic acids is 1. The van der Waals surface area contributed by atoms with Crippen LogP contribution in [0.25, 0.3) is 10.9 Å². The largest absolute Gasteiger partial charge is 0.478 e. The van der Waals surface area contributed by atoms with E-state index in [1.165, 1.54) is 12.5 Å². The molecule has 152 valence electrons. The molecule has 0 unspecified atom stereocenters. The van der Waals surface area contributed by atoms with Crippen LogP contribution >= 0.6 is 0 Å². The van der Waals surface area contributed by atoms with Gasteiger partial charge >= 0.3 is 17.9 Å². The molecule has 0 saturated heterocycles. The van der Waals surface area contributed by atoms with E-state index in [1.54, 1.807) is 0 Å². The highest BCUT2D eigenvalue weighted by Crippen LogP contribution is 2.29. The first-order valence-corrected chi connectivity index (χ1v) is 8.92. The van der Waals surface area contributed by atoms with Gasteiger partial charge in [0.05, 0.1) is 0 Å². The highest BCUT2D eigenvalue weighted by molar-refractivity contribution is 5.91. The smallest absolute Gasteiger partial charge is 0.328 e. The first kappa shape index (κ1) is 22.9. The zero-order chi connectivity index (χ0) is 21.1. The van der Waals surface area contributed by atoms with E-state index in [0.717, 1.165) is 37.0 Å². The number of rotatable bonds is 8. The number of H-pyrrole nitrogens is 1. The quantitative estimate of drug-likeness (QED) is 0.360. The molecule has 0 aliphatic rings. The lowest BCUT2D eigenvalue weighted by Gasteiger charge is -2.17. The minimum absolute atomic E-state index is 0.284. The summed E-state index contributed by atoms with van der Waals surface area (Å²) >= 11 is 0.